The summed E-state index contributed by atoms with van der Waals surface area (Å²) in [7, 11) is 1.24. The van der Waals surface area contributed by atoms with Gasteiger partial charge in [-0.05, 0) is 28.1 Å². The molecule has 0 amide bonds. The van der Waals surface area contributed by atoms with E-state index in [1.165, 1.54) is 13.2 Å². The normalized spacial score (nSPS) is 9.77. The highest BCUT2D eigenvalue weighted by Gasteiger charge is 2.23. The van der Waals surface area contributed by atoms with Crippen LogP contribution in [0, 0.1) is 15.9 Å². The van der Waals surface area contributed by atoms with E-state index in [1.807, 2.05) is 0 Å². The van der Waals surface area contributed by atoms with E-state index in [0.29, 0.717) is 4.47 Å². The Kier molecular flexibility index (Phi) is 2.82. The van der Waals surface area contributed by atoms with Crippen molar-refractivity contribution in [3.05, 3.63) is 32.5 Å². The molecule has 0 aliphatic carbocycles. The molecule has 0 unspecified atom stereocenters. The minimum atomic E-state index is -0.912. The van der Waals surface area contributed by atoms with E-state index in [0.717, 1.165) is 6.07 Å². The average Bonchev–Trinajstić information content (AvgIpc) is 2.07. The van der Waals surface area contributed by atoms with Gasteiger partial charge in [0.15, 0.2) is 0 Å². The first-order valence-corrected chi connectivity index (χ1v) is 4.03. The zero-order chi connectivity index (χ0) is 10.0. The number of nitrogens with zero attached hydrogens (tertiary/aromatic N) is 1. The number of halogens is 2. The first kappa shape index (κ1) is 9.91. The van der Waals surface area contributed by atoms with E-state index in [-0.39, 0.29) is 5.75 Å². The molecule has 0 saturated carbocycles. The molecule has 13 heavy (non-hydrogen) atoms. The predicted octanol–water partition coefficient (Wildman–Crippen LogP) is 2.51. The van der Waals surface area contributed by atoms with E-state index < -0.39 is 16.4 Å². The summed E-state index contributed by atoms with van der Waals surface area (Å²) in [5, 5.41) is 10.4. The monoisotopic (exact) mass is 249 g/mol. The van der Waals surface area contributed by atoms with Crippen LogP contribution in [0.2, 0.25) is 0 Å². The average molecular weight is 250 g/mol. The molecule has 1 aromatic carbocycles. The first-order valence-electron chi connectivity index (χ1n) is 3.24. The van der Waals surface area contributed by atoms with E-state index in [1.54, 1.807) is 0 Å². The fourth-order valence-electron chi connectivity index (χ4n) is 0.887. The summed E-state index contributed by atoms with van der Waals surface area (Å²) >= 11 is 3.01. The lowest BCUT2D eigenvalue weighted by Crippen LogP contribution is -1.97. The van der Waals surface area contributed by atoms with Crippen molar-refractivity contribution in [1.82, 2.24) is 0 Å². The molecule has 70 valence electrons. The molecule has 0 atom stereocenters. The van der Waals surface area contributed by atoms with E-state index in [2.05, 4.69) is 20.7 Å². The van der Waals surface area contributed by atoms with Gasteiger partial charge in [0.2, 0.25) is 11.6 Å². The van der Waals surface area contributed by atoms with Crippen molar-refractivity contribution in [1.29, 1.82) is 0 Å². The zero-order valence-corrected chi connectivity index (χ0v) is 8.17. The van der Waals surface area contributed by atoms with Crippen molar-refractivity contribution in [3.63, 3.8) is 0 Å². The van der Waals surface area contributed by atoms with Gasteiger partial charge in [0.25, 0.3) is 0 Å². The number of methoxy groups -OCH3 is 1. The van der Waals surface area contributed by atoms with Gasteiger partial charge in [-0.1, -0.05) is 0 Å². The Morgan fingerprint density at radius 1 is 1.62 bits per heavy atom. The molecule has 0 spiro atoms. The molecular formula is C7H5BrFNO3. The fourth-order valence-corrected chi connectivity index (χ4v) is 1.37. The van der Waals surface area contributed by atoms with Gasteiger partial charge in [0.05, 0.1) is 16.5 Å². The molecule has 0 aliphatic heterocycles. The number of ether oxygens (including phenoxy) is 1. The Hall–Kier alpha value is -1.17. The first-order chi connectivity index (χ1) is 6.07. The standard InChI is InChI=1S/C7H5BrFNO3/c1-13-7-4(8)2-3-5(9)6(7)10(11)12/h2-3H,1H3. The second-order valence-corrected chi connectivity index (χ2v) is 3.02. The summed E-state index contributed by atoms with van der Waals surface area (Å²) in [6.45, 7) is 0. The third-order valence-electron chi connectivity index (χ3n) is 1.42. The Morgan fingerprint density at radius 2 is 2.23 bits per heavy atom. The van der Waals surface area contributed by atoms with E-state index in [9.17, 15) is 14.5 Å². The van der Waals surface area contributed by atoms with Gasteiger partial charge in [0, 0.05) is 0 Å². The lowest BCUT2D eigenvalue weighted by Gasteiger charge is -2.03. The highest BCUT2D eigenvalue weighted by atomic mass is 79.9. The van der Waals surface area contributed by atoms with Crippen LogP contribution in [-0.4, -0.2) is 12.0 Å². The lowest BCUT2D eigenvalue weighted by molar-refractivity contribution is -0.388. The smallest absolute Gasteiger partial charge is 0.347 e. The van der Waals surface area contributed by atoms with Crippen LogP contribution >= 0.6 is 15.9 Å². The van der Waals surface area contributed by atoms with E-state index in [4.69, 9.17) is 0 Å². The summed E-state index contributed by atoms with van der Waals surface area (Å²) in [5.41, 5.74) is -0.656. The third-order valence-corrected chi connectivity index (χ3v) is 2.05. The van der Waals surface area contributed by atoms with Crippen LogP contribution in [0.5, 0.6) is 5.75 Å². The molecule has 0 fully saturated rings. The van der Waals surface area contributed by atoms with Crippen LogP contribution in [0.3, 0.4) is 0 Å². The van der Waals surface area contributed by atoms with Crippen LogP contribution in [0.25, 0.3) is 0 Å². The van der Waals surface area contributed by atoms with Crippen LogP contribution in [-0.2, 0) is 0 Å². The lowest BCUT2D eigenvalue weighted by atomic mass is 10.3. The molecule has 1 rings (SSSR count). The number of benzene rings is 1. The van der Waals surface area contributed by atoms with Gasteiger partial charge in [-0.25, -0.2) is 0 Å². The van der Waals surface area contributed by atoms with Crippen molar-refractivity contribution >= 4 is 21.6 Å². The van der Waals surface area contributed by atoms with Gasteiger partial charge in [-0.15, -0.1) is 0 Å². The molecule has 4 nitrogen and oxygen atoms in total. The van der Waals surface area contributed by atoms with Gasteiger partial charge in [-0.3, -0.25) is 10.1 Å². The maximum Gasteiger partial charge on any atom is 0.347 e. The second-order valence-electron chi connectivity index (χ2n) is 2.17. The highest BCUT2D eigenvalue weighted by Crippen LogP contribution is 2.36. The summed E-state index contributed by atoms with van der Waals surface area (Å²) < 4.78 is 18.0. The Labute approximate surface area is 81.6 Å². The summed E-state index contributed by atoms with van der Waals surface area (Å²) in [4.78, 5) is 9.60. The SMILES string of the molecule is COc1c(Br)ccc(F)c1[N+](=O)[O-]. The van der Waals surface area contributed by atoms with Crippen molar-refractivity contribution in [2.45, 2.75) is 0 Å². The fraction of sp³-hybridized carbons (Fsp3) is 0.143. The molecule has 0 saturated heterocycles. The summed E-state index contributed by atoms with van der Waals surface area (Å²) in [6, 6.07) is 2.35. The summed E-state index contributed by atoms with van der Waals surface area (Å²) in [5.74, 6) is -1.02. The molecule has 1 aromatic rings. The minimum absolute atomic E-state index is 0.106. The molecule has 0 bridgehead atoms. The van der Waals surface area contributed by atoms with Crippen LogP contribution in [0.15, 0.2) is 16.6 Å². The Bertz CT molecular complexity index is 356. The maximum absolute atomic E-state index is 12.9. The van der Waals surface area contributed by atoms with Crippen molar-refractivity contribution in [2.24, 2.45) is 0 Å². The predicted molar refractivity (Wildman–Crippen MR) is 47.3 cm³/mol. The van der Waals surface area contributed by atoms with Crippen LogP contribution in [0.4, 0.5) is 10.1 Å². The van der Waals surface area contributed by atoms with Gasteiger partial charge in [-0.2, -0.15) is 4.39 Å². The summed E-state index contributed by atoms with van der Waals surface area (Å²) in [6.07, 6.45) is 0. The van der Waals surface area contributed by atoms with Gasteiger partial charge >= 0.3 is 5.69 Å². The number of rotatable bonds is 2. The number of nitro benzene ring substituents is 1. The van der Waals surface area contributed by atoms with Crippen LogP contribution < -0.4 is 4.74 Å². The molecule has 0 heterocycles. The van der Waals surface area contributed by atoms with Crippen molar-refractivity contribution in [3.8, 4) is 5.75 Å². The van der Waals surface area contributed by atoms with Gasteiger partial charge < -0.3 is 4.74 Å². The van der Waals surface area contributed by atoms with E-state index >= 15 is 0 Å². The molecule has 0 N–H and O–H groups in total. The number of hydrogen-bond acceptors (Lipinski definition) is 3. The number of nitro groups is 1. The Morgan fingerprint density at radius 3 is 2.62 bits per heavy atom. The molecule has 0 aliphatic rings. The molecular weight excluding hydrogens is 245 g/mol. The van der Waals surface area contributed by atoms with Crippen LogP contribution in [0.1, 0.15) is 0 Å². The zero-order valence-electron chi connectivity index (χ0n) is 6.58. The topological polar surface area (TPSA) is 52.4 Å². The highest BCUT2D eigenvalue weighted by molar-refractivity contribution is 9.10. The third kappa shape index (κ3) is 1.77. The number of hydrogen-bond donors (Lipinski definition) is 0. The second kappa shape index (κ2) is 3.69. The molecule has 0 radical (unpaired) electrons. The molecule has 6 heteroatoms. The van der Waals surface area contributed by atoms with Crippen molar-refractivity contribution in [2.75, 3.05) is 7.11 Å². The maximum atomic E-state index is 12.9. The minimum Gasteiger partial charge on any atom is -0.489 e. The Balaban J connectivity index is 3.43. The largest absolute Gasteiger partial charge is 0.489 e. The van der Waals surface area contributed by atoms with Gasteiger partial charge in [0.1, 0.15) is 0 Å². The molecule has 0 aromatic heterocycles. The van der Waals surface area contributed by atoms with Crippen molar-refractivity contribution < 1.29 is 14.1 Å². The quantitative estimate of drug-likeness (QED) is 0.598.